The zero-order valence-electron chi connectivity index (χ0n) is 16.9. The van der Waals surface area contributed by atoms with Gasteiger partial charge in [-0.2, -0.15) is 0 Å². The Labute approximate surface area is 161 Å². The van der Waals surface area contributed by atoms with Crippen molar-refractivity contribution in [1.29, 1.82) is 0 Å². The summed E-state index contributed by atoms with van der Waals surface area (Å²) in [6, 6.07) is 0. The summed E-state index contributed by atoms with van der Waals surface area (Å²) in [7, 11) is 0. The van der Waals surface area contributed by atoms with Gasteiger partial charge in [-0.25, -0.2) is 0 Å². The number of hydrogen-bond donors (Lipinski definition) is 0. The monoisotopic (exact) mass is 376 g/mol. The second kappa shape index (κ2) is 6.70. The van der Waals surface area contributed by atoms with Crippen LogP contribution in [0.25, 0.3) is 0 Å². The van der Waals surface area contributed by atoms with E-state index in [4.69, 9.17) is 14.2 Å². The zero-order valence-corrected chi connectivity index (χ0v) is 16.9. The van der Waals surface area contributed by atoms with Crippen LogP contribution in [0.2, 0.25) is 0 Å². The molecular weight excluding hydrogens is 344 g/mol. The number of esters is 1. The highest BCUT2D eigenvalue weighted by atomic mass is 16.6. The molecule has 3 saturated heterocycles. The summed E-state index contributed by atoms with van der Waals surface area (Å²) < 4.78 is 18.9. The van der Waals surface area contributed by atoms with Crippen LogP contribution >= 0.6 is 0 Å². The van der Waals surface area contributed by atoms with Gasteiger partial charge in [0.05, 0.1) is 24.4 Å². The summed E-state index contributed by atoms with van der Waals surface area (Å²) in [5.41, 5.74) is 0.148. The molecule has 1 saturated carbocycles. The normalized spacial score (nSPS) is 49.6. The lowest BCUT2D eigenvalue weighted by atomic mass is 9.59. The number of carbonyl (C=O) groups excluding carboxylic acids is 2. The molecule has 0 N–H and O–H groups in total. The summed E-state index contributed by atoms with van der Waals surface area (Å²) in [6.07, 6.45) is 2.28. The van der Waals surface area contributed by atoms with Gasteiger partial charge in [0.1, 0.15) is 6.10 Å². The highest BCUT2D eigenvalue weighted by Gasteiger charge is 2.63. The fourth-order valence-electron chi connectivity index (χ4n) is 6.23. The molecule has 5 heteroatoms. The molecule has 9 atom stereocenters. The first kappa shape index (κ1) is 19.1. The van der Waals surface area contributed by atoms with Gasteiger partial charge in [0, 0.05) is 25.7 Å². The van der Waals surface area contributed by atoms with Crippen LogP contribution < -0.4 is 0 Å². The van der Waals surface area contributed by atoms with Gasteiger partial charge in [0.25, 0.3) is 0 Å². The van der Waals surface area contributed by atoms with Gasteiger partial charge in [-0.1, -0.05) is 20.4 Å². The van der Waals surface area contributed by atoms with E-state index in [-0.39, 0.29) is 41.9 Å². The fourth-order valence-corrected chi connectivity index (χ4v) is 6.23. The zero-order chi connectivity index (χ0) is 19.5. The molecule has 0 radical (unpaired) electrons. The molecule has 3 heterocycles. The molecule has 1 aliphatic carbocycles. The molecule has 4 unspecified atom stereocenters. The van der Waals surface area contributed by atoms with Crippen molar-refractivity contribution in [2.45, 2.75) is 77.3 Å². The van der Waals surface area contributed by atoms with Crippen molar-refractivity contribution in [3.05, 3.63) is 12.2 Å². The maximum absolute atomic E-state index is 12.6. The number of hydrogen-bond acceptors (Lipinski definition) is 5. The molecule has 0 aromatic heterocycles. The third-order valence-electron chi connectivity index (χ3n) is 7.62. The molecule has 2 bridgehead atoms. The van der Waals surface area contributed by atoms with Gasteiger partial charge in [0.2, 0.25) is 0 Å². The van der Waals surface area contributed by atoms with Gasteiger partial charge in [-0.05, 0) is 49.0 Å². The van der Waals surface area contributed by atoms with E-state index in [0.29, 0.717) is 49.2 Å². The van der Waals surface area contributed by atoms with Crippen molar-refractivity contribution in [3.8, 4) is 0 Å². The number of rotatable bonds is 1. The summed E-state index contributed by atoms with van der Waals surface area (Å²) in [4.78, 5) is 24.4. The Balaban J connectivity index is 1.80. The quantitative estimate of drug-likeness (QED) is 0.519. The average molecular weight is 376 g/mol. The maximum Gasteiger partial charge on any atom is 0.302 e. The van der Waals surface area contributed by atoms with Gasteiger partial charge in [-0.3, -0.25) is 9.59 Å². The van der Waals surface area contributed by atoms with E-state index < -0.39 is 5.60 Å². The Bertz CT molecular complexity index is 657. The maximum atomic E-state index is 12.6. The van der Waals surface area contributed by atoms with Gasteiger partial charge < -0.3 is 14.2 Å². The summed E-state index contributed by atoms with van der Waals surface area (Å²) in [5.74, 6) is 1.42. The standard InChI is InChI=1S/C22H32O5/c1-11-9-17-19-18-15(8-12(2)20(19)26-14(4)23)13(3)10-25-22(5,21(18)27-17)7-6-16(11)24/h12-13,15,17-21H,1,6-10H2,2-5H3/t12-,13+,15?,17?,18+,19+,20?,21?,22+/m1/s1. The number of carbonyl (C=O) groups is 2. The van der Waals surface area contributed by atoms with E-state index >= 15 is 0 Å². The van der Waals surface area contributed by atoms with Crippen LogP contribution in [0.15, 0.2) is 12.2 Å². The van der Waals surface area contributed by atoms with Crippen molar-refractivity contribution in [1.82, 2.24) is 0 Å². The molecule has 0 spiro atoms. The Morgan fingerprint density at radius 3 is 2.70 bits per heavy atom. The predicted molar refractivity (Wildman–Crippen MR) is 100.0 cm³/mol. The third kappa shape index (κ3) is 3.07. The molecule has 0 amide bonds. The van der Waals surface area contributed by atoms with E-state index in [1.807, 2.05) is 0 Å². The van der Waals surface area contributed by atoms with Gasteiger partial charge >= 0.3 is 5.97 Å². The Morgan fingerprint density at radius 1 is 1.26 bits per heavy atom. The first-order valence-electron chi connectivity index (χ1n) is 10.4. The first-order valence-corrected chi connectivity index (χ1v) is 10.4. The second-order valence-corrected chi connectivity index (χ2v) is 9.53. The SMILES string of the molecule is C=C1CC2OC3[C@H]4C(C[C@@H](C)C(OC(C)=O)[C@@H]24)[C@@H](C)CO[C@@]3(C)CCC1=O. The first-order chi connectivity index (χ1) is 12.7. The van der Waals surface area contributed by atoms with Crippen molar-refractivity contribution >= 4 is 11.8 Å². The summed E-state index contributed by atoms with van der Waals surface area (Å²) >= 11 is 0. The minimum absolute atomic E-state index is 0.0632. The molecular formula is C22H32O5. The highest BCUT2D eigenvalue weighted by molar-refractivity contribution is 5.94. The molecule has 150 valence electrons. The predicted octanol–water partition coefficient (Wildman–Crippen LogP) is 3.31. The molecule has 5 nitrogen and oxygen atoms in total. The lowest BCUT2D eigenvalue weighted by molar-refractivity contribution is -0.160. The van der Waals surface area contributed by atoms with Crippen LogP contribution in [0.4, 0.5) is 0 Å². The van der Waals surface area contributed by atoms with Crippen LogP contribution in [0, 0.1) is 29.6 Å². The topological polar surface area (TPSA) is 61.8 Å². The Morgan fingerprint density at radius 2 is 2.00 bits per heavy atom. The lowest BCUT2D eigenvalue weighted by Gasteiger charge is -2.46. The molecule has 4 fully saturated rings. The Kier molecular flexibility index (Phi) is 4.75. The van der Waals surface area contributed by atoms with Crippen LogP contribution in [0.1, 0.15) is 53.4 Å². The van der Waals surface area contributed by atoms with E-state index in [1.54, 1.807) is 0 Å². The van der Waals surface area contributed by atoms with Crippen molar-refractivity contribution < 1.29 is 23.8 Å². The van der Waals surface area contributed by atoms with Crippen LogP contribution in [-0.4, -0.2) is 42.3 Å². The fraction of sp³-hybridized carbons (Fsp3) is 0.818. The summed E-state index contributed by atoms with van der Waals surface area (Å²) in [6.45, 7) is 12.8. The second-order valence-electron chi connectivity index (χ2n) is 9.53. The van der Waals surface area contributed by atoms with Gasteiger partial charge in [-0.15, -0.1) is 0 Å². The van der Waals surface area contributed by atoms with Crippen molar-refractivity contribution in [2.75, 3.05) is 6.61 Å². The molecule has 0 aromatic carbocycles. The minimum Gasteiger partial charge on any atom is -0.462 e. The molecule has 0 aromatic rings. The average Bonchev–Trinajstić information content (AvgIpc) is 2.95. The van der Waals surface area contributed by atoms with Crippen LogP contribution in [-0.2, 0) is 23.8 Å². The van der Waals surface area contributed by atoms with Crippen LogP contribution in [0.3, 0.4) is 0 Å². The molecule has 27 heavy (non-hydrogen) atoms. The molecule has 4 aliphatic rings. The van der Waals surface area contributed by atoms with E-state index in [2.05, 4.69) is 27.4 Å². The number of fused-ring (bicyclic) bond motifs is 2. The third-order valence-corrected chi connectivity index (χ3v) is 7.62. The van der Waals surface area contributed by atoms with E-state index in [9.17, 15) is 9.59 Å². The highest BCUT2D eigenvalue weighted by Crippen LogP contribution is 2.57. The van der Waals surface area contributed by atoms with Gasteiger partial charge in [0.15, 0.2) is 5.78 Å². The van der Waals surface area contributed by atoms with Crippen LogP contribution in [0.5, 0.6) is 0 Å². The smallest absolute Gasteiger partial charge is 0.302 e. The number of ketones is 1. The Hall–Kier alpha value is -1.20. The van der Waals surface area contributed by atoms with Crippen molar-refractivity contribution in [3.63, 3.8) is 0 Å². The summed E-state index contributed by atoms with van der Waals surface area (Å²) in [5, 5.41) is 0. The molecule has 4 rings (SSSR count). The molecule has 3 aliphatic heterocycles. The van der Waals surface area contributed by atoms with E-state index in [0.717, 1.165) is 6.42 Å². The lowest BCUT2D eigenvalue weighted by Crippen LogP contribution is -2.52. The number of ether oxygens (including phenoxy) is 3. The van der Waals surface area contributed by atoms with Crippen molar-refractivity contribution in [2.24, 2.45) is 29.6 Å². The number of Topliss-reactive ketones (excluding diaryl/α,β-unsaturated/α-hetero) is 1. The minimum atomic E-state index is -0.484. The van der Waals surface area contributed by atoms with E-state index in [1.165, 1.54) is 6.92 Å². The largest absolute Gasteiger partial charge is 0.462 e.